The van der Waals surface area contributed by atoms with Crippen molar-refractivity contribution in [3.63, 3.8) is 0 Å². The van der Waals surface area contributed by atoms with E-state index in [1.807, 2.05) is 30.3 Å². The van der Waals surface area contributed by atoms with Gasteiger partial charge in [0.25, 0.3) is 0 Å². The van der Waals surface area contributed by atoms with Crippen LogP contribution in [0.1, 0.15) is 15.9 Å². The molecule has 4 aromatic rings. The van der Waals surface area contributed by atoms with Crippen LogP contribution in [0.4, 0.5) is 4.39 Å². The number of methoxy groups -OCH3 is 2. The topological polar surface area (TPSA) is 75.5 Å². The molecule has 0 unspecified atom stereocenters. The number of rotatable bonds is 6. The van der Waals surface area contributed by atoms with Gasteiger partial charge in [-0.3, -0.25) is 0 Å². The first-order chi connectivity index (χ1) is 14.6. The molecule has 152 valence electrons. The van der Waals surface area contributed by atoms with Gasteiger partial charge in [0.05, 0.1) is 26.3 Å². The summed E-state index contributed by atoms with van der Waals surface area (Å²) in [4.78, 5) is 12.0. The molecule has 0 spiro atoms. The van der Waals surface area contributed by atoms with Crippen molar-refractivity contribution in [3.05, 3.63) is 77.6 Å². The predicted octanol–water partition coefficient (Wildman–Crippen LogP) is 4.21. The third-order valence-electron chi connectivity index (χ3n) is 4.57. The highest BCUT2D eigenvalue weighted by atomic mass is 19.1. The molecule has 8 heteroatoms. The second-order valence-corrected chi connectivity index (χ2v) is 6.45. The summed E-state index contributed by atoms with van der Waals surface area (Å²) < 4.78 is 31.3. The number of carbonyl (C=O) groups is 1. The molecule has 7 nitrogen and oxygen atoms in total. The Kier molecular flexibility index (Phi) is 5.30. The van der Waals surface area contributed by atoms with E-state index in [2.05, 4.69) is 10.3 Å². The lowest BCUT2D eigenvalue weighted by Crippen LogP contribution is -2.04. The van der Waals surface area contributed by atoms with E-state index in [0.717, 1.165) is 22.9 Å². The van der Waals surface area contributed by atoms with Gasteiger partial charge < -0.3 is 14.2 Å². The van der Waals surface area contributed by atoms with E-state index in [9.17, 15) is 9.18 Å². The summed E-state index contributed by atoms with van der Waals surface area (Å²) in [6.07, 6.45) is 0. The quantitative estimate of drug-likeness (QED) is 0.446. The lowest BCUT2D eigenvalue weighted by molar-refractivity contribution is 0.0598. The summed E-state index contributed by atoms with van der Waals surface area (Å²) in [6.45, 7) is 0.497. The van der Waals surface area contributed by atoms with Crippen molar-refractivity contribution in [3.8, 4) is 17.2 Å². The minimum Gasteiger partial charge on any atom is -0.497 e. The minimum absolute atomic E-state index is 0.0408. The number of fused-ring (bicyclic) bond motifs is 1. The van der Waals surface area contributed by atoms with Gasteiger partial charge in [-0.05, 0) is 42.0 Å². The SMILES string of the molecule is COC(=O)c1ccc(F)cc1Oc1cccc2c1nnn2Cc1ccc(OC)cc1. The van der Waals surface area contributed by atoms with Gasteiger partial charge in [0.1, 0.15) is 22.9 Å². The summed E-state index contributed by atoms with van der Waals surface area (Å²) in [5, 5.41) is 8.43. The number of hydrogen-bond donors (Lipinski definition) is 0. The lowest BCUT2D eigenvalue weighted by atomic mass is 10.2. The van der Waals surface area contributed by atoms with Crippen LogP contribution in [0.15, 0.2) is 60.7 Å². The van der Waals surface area contributed by atoms with E-state index in [1.54, 1.807) is 23.9 Å². The molecule has 3 aromatic carbocycles. The normalized spacial score (nSPS) is 10.8. The predicted molar refractivity (Wildman–Crippen MR) is 107 cm³/mol. The maximum Gasteiger partial charge on any atom is 0.341 e. The Balaban J connectivity index is 1.67. The molecule has 0 amide bonds. The second kappa shape index (κ2) is 8.20. The Bertz CT molecular complexity index is 1200. The molecular weight excluding hydrogens is 389 g/mol. The number of nitrogens with zero attached hydrogens (tertiary/aromatic N) is 3. The number of esters is 1. The van der Waals surface area contributed by atoms with E-state index in [1.165, 1.54) is 19.2 Å². The molecule has 1 aromatic heterocycles. The number of hydrogen-bond acceptors (Lipinski definition) is 6. The van der Waals surface area contributed by atoms with Crippen molar-refractivity contribution >= 4 is 17.0 Å². The smallest absolute Gasteiger partial charge is 0.341 e. The number of benzene rings is 3. The molecule has 4 rings (SSSR count). The molecule has 0 aliphatic heterocycles. The number of aromatic nitrogens is 3. The fourth-order valence-corrected chi connectivity index (χ4v) is 3.05. The van der Waals surface area contributed by atoms with Crippen molar-refractivity contribution in [2.75, 3.05) is 14.2 Å². The zero-order valence-electron chi connectivity index (χ0n) is 16.3. The Labute approximate surface area is 171 Å². The van der Waals surface area contributed by atoms with Crippen molar-refractivity contribution in [1.82, 2.24) is 15.0 Å². The minimum atomic E-state index is -0.625. The molecule has 0 N–H and O–H groups in total. The van der Waals surface area contributed by atoms with Gasteiger partial charge in [-0.15, -0.1) is 5.10 Å². The van der Waals surface area contributed by atoms with Crippen molar-refractivity contribution in [2.45, 2.75) is 6.54 Å². The molecule has 0 bridgehead atoms. The first kappa shape index (κ1) is 19.4. The molecular formula is C22H18FN3O4. The van der Waals surface area contributed by atoms with Crippen LogP contribution in [0.2, 0.25) is 0 Å². The van der Waals surface area contributed by atoms with Gasteiger partial charge >= 0.3 is 5.97 Å². The first-order valence-electron chi connectivity index (χ1n) is 9.10. The lowest BCUT2D eigenvalue weighted by Gasteiger charge is -2.10. The number of ether oxygens (including phenoxy) is 3. The van der Waals surface area contributed by atoms with Crippen LogP contribution < -0.4 is 9.47 Å². The third kappa shape index (κ3) is 3.80. The van der Waals surface area contributed by atoms with Crippen LogP contribution in [0, 0.1) is 5.82 Å². The van der Waals surface area contributed by atoms with Gasteiger partial charge in [-0.1, -0.05) is 23.4 Å². The Morgan fingerprint density at radius 2 is 1.83 bits per heavy atom. The Morgan fingerprint density at radius 1 is 1.03 bits per heavy atom. The van der Waals surface area contributed by atoms with E-state index in [-0.39, 0.29) is 11.3 Å². The molecule has 30 heavy (non-hydrogen) atoms. The van der Waals surface area contributed by atoms with Crippen molar-refractivity contribution in [1.29, 1.82) is 0 Å². The molecule has 1 heterocycles. The number of carbonyl (C=O) groups excluding carboxylic acids is 1. The highest BCUT2D eigenvalue weighted by Crippen LogP contribution is 2.31. The molecule has 0 atom stereocenters. The van der Waals surface area contributed by atoms with Crippen LogP contribution in [0.3, 0.4) is 0 Å². The van der Waals surface area contributed by atoms with Gasteiger partial charge in [0, 0.05) is 6.07 Å². The largest absolute Gasteiger partial charge is 0.497 e. The van der Waals surface area contributed by atoms with Gasteiger partial charge in [-0.2, -0.15) is 0 Å². The summed E-state index contributed by atoms with van der Waals surface area (Å²) in [5.41, 5.74) is 2.36. The summed E-state index contributed by atoms with van der Waals surface area (Å²) in [7, 11) is 2.87. The zero-order chi connectivity index (χ0) is 21.1. The van der Waals surface area contributed by atoms with Crippen molar-refractivity contribution in [2.24, 2.45) is 0 Å². The Hall–Kier alpha value is -3.94. The highest BCUT2D eigenvalue weighted by molar-refractivity contribution is 5.92. The second-order valence-electron chi connectivity index (χ2n) is 6.45. The fourth-order valence-electron chi connectivity index (χ4n) is 3.05. The summed E-state index contributed by atoms with van der Waals surface area (Å²) in [5.74, 6) is 0.00556. The molecule has 0 saturated carbocycles. The molecule has 0 aliphatic rings. The first-order valence-corrected chi connectivity index (χ1v) is 9.10. The van der Waals surface area contributed by atoms with E-state index >= 15 is 0 Å². The van der Waals surface area contributed by atoms with Crippen LogP contribution in [0.5, 0.6) is 17.2 Å². The highest BCUT2D eigenvalue weighted by Gasteiger charge is 2.17. The average Bonchev–Trinajstić information content (AvgIpc) is 3.18. The monoisotopic (exact) mass is 407 g/mol. The molecule has 0 radical (unpaired) electrons. The van der Waals surface area contributed by atoms with Crippen LogP contribution in [-0.2, 0) is 11.3 Å². The number of halogens is 1. The van der Waals surface area contributed by atoms with E-state index < -0.39 is 11.8 Å². The van der Waals surface area contributed by atoms with Gasteiger partial charge in [0.15, 0.2) is 11.3 Å². The summed E-state index contributed by atoms with van der Waals surface area (Å²) >= 11 is 0. The maximum atomic E-state index is 13.8. The van der Waals surface area contributed by atoms with Crippen molar-refractivity contribution < 1.29 is 23.4 Å². The van der Waals surface area contributed by atoms with Crippen LogP contribution in [0.25, 0.3) is 11.0 Å². The van der Waals surface area contributed by atoms with Crippen LogP contribution >= 0.6 is 0 Å². The molecule has 0 saturated heterocycles. The Morgan fingerprint density at radius 3 is 2.57 bits per heavy atom. The fraction of sp³-hybridized carbons (Fsp3) is 0.136. The molecule has 0 fully saturated rings. The van der Waals surface area contributed by atoms with E-state index in [0.29, 0.717) is 17.8 Å². The van der Waals surface area contributed by atoms with Gasteiger partial charge in [-0.25, -0.2) is 13.9 Å². The summed E-state index contributed by atoms with van der Waals surface area (Å²) in [6, 6.07) is 16.6. The third-order valence-corrected chi connectivity index (χ3v) is 4.57. The average molecular weight is 407 g/mol. The zero-order valence-corrected chi connectivity index (χ0v) is 16.3. The van der Waals surface area contributed by atoms with Crippen LogP contribution in [-0.4, -0.2) is 35.2 Å². The van der Waals surface area contributed by atoms with E-state index in [4.69, 9.17) is 14.2 Å². The molecule has 0 aliphatic carbocycles. The standard InChI is InChI=1S/C22H18FN3O4/c1-28-16-9-6-14(7-10-16)13-26-18-4-3-5-19(21(18)24-25-26)30-20-12-15(23)8-11-17(20)22(27)29-2/h3-12H,13H2,1-2H3. The van der Waals surface area contributed by atoms with Gasteiger partial charge in [0.2, 0.25) is 0 Å². The maximum absolute atomic E-state index is 13.8.